The van der Waals surface area contributed by atoms with E-state index >= 15 is 0 Å². The fraction of sp³-hybridized carbons (Fsp3) is 0.0833. The number of anilines is 1. The highest BCUT2D eigenvalue weighted by molar-refractivity contribution is 7.12. The van der Waals surface area contributed by atoms with Gasteiger partial charge < -0.3 is 0 Å². The van der Waals surface area contributed by atoms with Gasteiger partial charge in [0.1, 0.15) is 0 Å². The Morgan fingerprint density at radius 1 is 1.44 bits per heavy atom. The lowest BCUT2D eigenvalue weighted by Gasteiger charge is -1.95. The molecule has 3 aromatic heterocycles. The average Bonchev–Trinajstić information content (AvgIpc) is 2.95. The van der Waals surface area contributed by atoms with Crippen molar-refractivity contribution >= 4 is 28.8 Å². The van der Waals surface area contributed by atoms with E-state index in [1.165, 1.54) is 11.3 Å². The first-order valence-corrected chi connectivity index (χ1v) is 6.28. The largest absolute Gasteiger partial charge is 0.288 e. The Balaban J connectivity index is 1.89. The number of amides is 1. The molecule has 0 radical (unpaired) electrons. The minimum absolute atomic E-state index is 0.183. The summed E-state index contributed by atoms with van der Waals surface area (Å²) in [5, 5.41) is 8.72. The third kappa shape index (κ3) is 1.98. The molecule has 1 N–H and O–H groups in total. The van der Waals surface area contributed by atoms with E-state index in [1.54, 1.807) is 10.6 Å². The quantitative estimate of drug-likeness (QED) is 0.767. The predicted octanol–water partition coefficient (Wildman–Crippen LogP) is 2.35. The van der Waals surface area contributed by atoms with E-state index in [-0.39, 0.29) is 5.91 Å². The summed E-state index contributed by atoms with van der Waals surface area (Å²) in [5.74, 6) is 0.136. The van der Waals surface area contributed by atoms with Crippen LogP contribution in [0.2, 0.25) is 0 Å². The second-order valence-corrected chi connectivity index (χ2v) is 4.82. The van der Waals surface area contributed by atoms with Crippen molar-refractivity contribution in [2.75, 3.05) is 5.32 Å². The van der Waals surface area contributed by atoms with Crippen molar-refractivity contribution < 1.29 is 4.79 Å². The van der Waals surface area contributed by atoms with Crippen molar-refractivity contribution in [2.45, 2.75) is 6.92 Å². The molecule has 0 aliphatic heterocycles. The fourth-order valence-electron chi connectivity index (χ4n) is 1.61. The summed E-state index contributed by atoms with van der Waals surface area (Å²) in [7, 11) is 0. The Labute approximate surface area is 107 Å². The molecule has 0 spiro atoms. The smallest absolute Gasteiger partial charge is 0.268 e. The van der Waals surface area contributed by atoms with Gasteiger partial charge in [-0.2, -0.15) is 4.98 Å². The number of thiophene rings is 1. The molecule has 6 heteroatoms. The lowest BCUT2D eigenvalue weighted by atomic mass is 10.3. The zero-order chi connectivity index (χ0) is 12.5. The molecule has 3 aromatic rings. The van der Waals surface area contributed by atoms with Gasteiger partial charge in [-0.3, -0.25) is 10.1 Å². The Morgan fingerprint density at radius 3 is 3.11 bits per heavy atom. The van der Waals surface area contributed by atoms with E-state index < -0.39 is 0 Å². The number of carbonyl (C=O) groups is 1. The number of aromatic nitrogens is 3. The summed E-state index contributed by atoms with van der Waals surface area (Å²) >= 11 is 1.39. The van der Waals surface area contributed by atoms with Crippen LogP contribution in [0.3, 0.4) is 0 Å². The Kier molecular flexibility index (Phi) is 2.56. The first-order valence-electron chi connectivity index (χ1n) is 5.40. The second-order valence-electron chi connectivity index (χ2n) is 3.87. The maximum absolute atomic E-state index is 11.8. The van der Waals surface area contributed by atoms with Crippen molar-refractivity contribution in [3.8, 4) is 0 Å². The topological polar surface area (TPSA) is 59.3 Å². The highest BCUT2D eigenvalue weighted by Crippen LogP contribution is 2.12. The molecular formula is C12H10N4OS. The van der Waals surface area contributed by atoms with E-state index in [1.807, 2.05) is 36.7 Å². The maximum Gasteiger partial charge on any atom is 0.268 e. The second kappa shape index (κ2) is 4.23. The van der Waals surface area contributed by atoms with Crippen LogP contribution in [0.25, 0.3) is 5.65 Å². The van der Waals surface area contributed by atoms with Crippen LogP contribution in [0.1, 0.15) is 15.2 Å². The molecule has 0 aliphatic carbocycles. The maximum atomic E-state index is 11.8. The van der Waals surface area contributed by atoms with Crippen molar-refractivity contribution in [3.63, 3.8) is 0 Å². The number of nitrogens with one attached hydrogen (secondary N) is 1. The molecule has 0 unspecified atom stereocenters. The van der Waals surface area contributed by atoms with Crippen LogP contribution < -0.4 is 5.32 Å². The molecule has 0 saturated carbocycles. The van der Waals surface area contributed by atoms with Gasteiger partial charge in [0.25, 0.3) is 5.91 Å². The van der Waals surface area contributed by atoms with Crippen molar-refractivity contribution in [2.24, 2.45) is 0 Å². The Hall–Kier alpha value is -2.21. The molecule has 1 amide bonds. The zero-order valence-electron chi connectivity index (χ0n) is 9.62. The van der Waals surface area contributed by atoms with Gasteiger partial charge in [0.2, 0.25) is 5.95 Å². The van der Waals surface area contributed by atoms with Crippen molar-refractivity contribution in [1.29, 1.82) is 0 Å². The van der Waals surface area contributed by atoms with Crippen LogP contribution in [-0.4, -0.2) is 20.5 Å². The normalized spacial score (nSPS) is 10.7. The van der Waals surface area contributed by atoms with Gasteiger partial charge in [-0.05, 0) is 36.1 Å². The van der Waals surface area contributed by atoms with E-state index in [0.717, 1.165) is 11.2 Å². The minimum atomic E-state index is -0.183. The van der Waals surface area contributed by atoms with Crippen LogP contribution in [0.15, 0.2) is 35.8 Å². The monoisotopic (exact) mass is 258 g/mol. The first-order chi connectivity index (χ1) is 8.72. The number of fused-ring (bicyclic) bond motifs is 1. The fourth-order valence-corrected chi connectivity index (χ4v) is 2.23. The van der Waals surface area contributed by atoms with Crippen molar-refractivity contribution in [1.82, 2.24) is 14.6 Å². The number of carbonyl (C=O) groups excluding carboxylic acids is 1. The standard InChI is InChI=1S/C12H10N4OS/c1-8-4-5-16-10(7-8)13-12(15-16)14-11(17)9-3-2-6-18-9/h2-7H,1H3,(H,14,15,17). The highest BCUT2D eigenvalue weighted by atomic mass is 32.1. The van der Waals surface area contributed by atoms with Gasteiger partial charge in [-0.25, -0.2) is 4.52 Å². The Bertz CT molecular complexity index is 702. The van der Waals surface area contributed by atoms with Crippen LogP contribution >= 0.6 is 11.3 Å². The lowest BCUT2D eigenvalue weighted by Crippen LogP contribution is -2.11. The molecule has 0 atom stereocenters. The van der Waals surface area contributed by atoms with Gasteiger partial charge in [0.15, 0.2) is 5.65 Å². The molecule has 0 aliphatic rings. The van der Waals surface area contributed by atoms with Crippen LogP contribution in [0.5, 0.6) is 0 Å². The van der Waals surface area contributed by atoms with E-state index in [4.69, 9.17) is 0 Å². The summed E-state index contributed by atoms with van der Waals surface area (Å²) in [5.41, 5.74) is 1.82. The highest BCUT2D eigenvalue weighted by Gasteiger charge is 2.10. The van der Waals surface area contributed by atoms with Crippen molar-refractivity contribution in [3.05, 3.63) is 46.3 Å². The molecule has 0 fully saturated rings. The molecule has 18 heavy (non-hydrogen) atoms. The first kappa shape index (κ1) is 10.9. The van der Waals surface area contributed by atoms with E-state index in [0.29, 0.717) is 10.8 Å². The minimum Gasteiger partial charge on any atom is -0.288 e. The van der Waals surface area contributed by atoms with Gasteiger partial charge >= 0.3 is 0 Å². The molecule has 3 rings (SSSR count). The SMILES string of the molecule is Cc1ccn2nc(NC(=O)c3cccs3)nc2c1. The average molecular weight is 258 g/mol. The number of pyridine rings is 1. The number of rotatable bonds is 2. The van der Waals surface area contributed by atoms with E-state index in [2.05, 4.69) is 15.4 Å². The number of hydrogen-bond acceptors (Lipinski definition) is 4. The summed E-state index contributed by atoms with van der Waals surface area (Å²) in [6.07, 6.45) is 1.82. The molecule has 5 nitrogen and oxygen atoms in total. The number of aryl methyl sites for hydroxylation is 1. The molecule has 0 bridgehead atoms. The third-order valence-corrected chi connectivity index (χ3v) is 3.33. The van der Waals surface area contributed by atoms with Crippen LogP contribution in [-0.2, 0) is 0 Å². The third-order valence-electron chi connectivity index (χ3n) is 2.46. The van der Waals surface area contributed by atoms with Crippen LogP contribution in [0, 0.1) is 6.92 Å². The van der Waals surface area contributed by atoms with Crippen LogP contribution in [0.4, 0.5) is 5.95 Å². The summed E-state index contributed by atoms with van der Waals surface area (Å²) in [4.78, 5) is 16.7. The molecule has 3 heterocycles. The molecule has 0 aromatic carbocycles. The summed E-state index contributed by atoms with van der Waals surface area (Å²) < 4.78 is 1.64. The molecule has 0 saturated heterocycles. The van der Waals surface area contributed by atoms with Gasteiger partial charge in [0.05, 0.1) is 4.88 Å². The molecular weight excluding hydrogens is 248 g/mol. The zero-order valence-corrected chi connectivity index (χ0v) is 10.4. The molecule has 90 valence electrons. The summed E-state index contributed by atoms with van der Waals surface area (Å²) in [6.45, 7) is 1.98. The Morgan fingerprint density at radius 2 is 2.33 bits per heavy atom. The lowest BCUT2D eigenvalue weighted by molar-refractivity contribution is 0.102. The van der Waals surface area contributed by atoms with E-state index in [9.17, 15) is 4.79 Å². The van der Waals surface area contributed by atoms with Gasteiger partial charge in [-0.1, -0.05) is 6.07 Å². The summed E-state index contributed by atoms with van der Waals surface area (Å²) in [6, 6.07) is 7.44. The number of nitrogens with zero attached hydrogens (tertiary/aromatic N) is 3. The predicted molar refractivity (Wildman–Crippen MR) is 70.0 cm³/mol. The number of hydrogen-bond donors (Lipinski definition) is 1. The van der Waals surface area contributed by atoms with Gasteiger partial charge in [0, 0.05) is 6.20 Å². The van der Waals surface area contributed by atoms with Gasteiger partial charge in [-0.15, -0.1) is 16.4 Å².